The molecule has 1 heterocycles. The van der Waals surface area contributed by atoms with E-state index in [1.165, 1.54) is 18.4 Å². The van der Waals surface area contributed by atoms with Crippen LogP contribution in [0, 0.1) is 0 Å². The Morgan fingerprint density at radius 2 is 2.05 bits per heavy atom. The summed E-state index contributed by atoms with van der Waals surface area (Å²) in [5.74, 6) is -0.119. The van der Waals surface area contributed by atoms with E-state index in [1.54, 1.807) is 5.38 Å². The Balaban J connectivity index is 1.88. The number of hydrogen-bond donors (Lipinski definition) is 2. The van der Waals surface area contributed by atoms with E-state index in [0.717, 1.165) is 5.56 Å². The summed E-state index contributed by atoms with van der Waals surface area (Å²) in [6.07, 6.45) is -0.417. The lowest BCUT2D eigenvalue weighted by molar-refractivity contribution is -0.121. The molecule has 0 radical (unpaired) electrons. The van der Waals surface area contributed by atoms with Gasteiger partial charge in [0.1, 0.15) is 0 Å². The number of carbonyl (C=O) groups excluding carboxylic acids is 2. The van der Waals surface area contributed by atoms with E-state index in [-0.39, 0.29) is 18.4 Å². The van der Waals surface area contributed by atoms with Crippen molar-refractivity contribution in [3.63, 3.8) is 0 Å². The van der Waals surface area contributed by atoms with Crippen LogP contribution < -0.4 is 10.6 Å². The van der Waals surface area contributed by atoms with Crippen LogP contribution in [0.4, 0.5) is 9.93 Å². The lowest BCUT2D eigenvalue weighted by atomic mass is 10.1. The number of hydrogen-bond acceptors (Lipinski definition) is 5. The molecule has 2 amide bonds. The van der Waals surface area contributed by atoms with Crippen molar-refractivity contribution >= 4 is 28.5 Å². The minimum Gasteiger partial charge on any atom is -0.453 e. The summed E-state index contributed by atoms with van der Waals surface area (Å²) in [6.45, 7) is 1.93. The van der Waals surface area contributed by atoms with E-state index in [0.29, 0.717) is 10.8 Å². The van der Waals surface area contributed by atoms with Gasteiger partial charge in [-0.15, -0.1) is 11.3 Å². The second-order valence-corrected chi connectivity index (χ2v) is 5.50. The highest BCUT2D eigenvalue weighted by molar-refractivity contribution is 7.13. The average molecular weight is 319 g/mol. The molecule has 116 valence electrons. The fourth-order valence-electron chi connectivity index (χ4n) is 1.87. The number of ether oxygens (including phenoxy) is 1. The van der Waals surface area contributed by atoms with Crippen molar-refractivity contribution in [1.82, 2.24) is 10.3 Å². The zero-order valence-corrected chi connectivity index (χ0v) is 13.1. The van der Waals surface area contributed by atoms with E-state index in [4.69, 9.17) is 0 Å². The normalized spacial score (nSPS) is 11.5. The highest BCUT2D eigenvalue weighted by atomic mass is 32.1. The molecule has 0 aliphatic rings. The van der Waals surface area contributed by atoms with Crippen LogP contribution in [0.1, 0.15) is 24.2 Å². The summed E-state index contributed by atoms with van der Waals surface area (Å²) in [6, 6.07) is 9.66. The van der Waals surface area contributed by atoms with Gasteiger partial charge in [-0.3, -0.25) is 10.1 Å². The third-order valence-corrected chi connectivity index (χ3v) is 3.77. The van der Waals surface area contributed by atoms with Gasteiger partial charge in [-0.1, -0.05) is 30.3 Å². The molecule has 0 fully saturated rings. The molecule has 1 atom stereocenters. The zero-order valence-electron chi connectivity index (χ0n) is 12.3. The lowest BCUT2D eigenvalue weighted by Crippen LogP contribution is -2.28. The van der Waals surface area contributed by atoms with Gasteiger partial charge in [0.05, 0.1) is 25.3 Å². The summed E-state index contributed by atoms with van der Waals surface area (Å²) in [5.41, 5.74) is 1.65. The van der Waals surface area contributed by atoms with Crippen molar-refractivity contribution in [2.24, 2.45) is 0 Å². The van der Waals surface area contributed by atoms with Crippen LogP contribution in [0.15, 0.2) is 35.7 Å². The van der Waals surface area contributed by atoms with E-state index in [2.05, 4.69) is 20.4 Å². The minimum absolute atomic E-state index is 0.0694. The maximum atomic E-state index is 12.0. The molecule has 2 rings (SSSR count). The number of carbonyl (C=O) groups is 2. The first-order chi connectivity index (χ1) is 10.6. The van der Waals surface area contributed by atoms with Crippen molar-refractivity contribution in [2.75, 3.05) is 12.4 Å². The third kappa shape index (κ3) is 4.56. The second kappa shape index (κ2) is 7.56. The van der Waals surface area contributed by atoms with Crippen molar-refractivity contribution in [1.29, 1.82) is 0 Å². The fourth-order valence-corrected chi connectivity index (χ4v) is 2.56. The van der Waals surface area contributed by atoms with Crippen LogP contribution in [0.3, 0.4) is 0 Å². The van der Waals surface area contributed by atoms with Crippen molar-refractivity contribution in [3.8, 4) is 0 Å². The number of amides is 2. The third-order valence-electron chi connectivity index (χ3n) is 2.96. The molecule has 0 aliphatic carbocycles. The summed E-state index contributed by atoms with van der Waals surface area (Å²) in [7, 11) is 1.28. The van der Waals surface area contributed by atoms with Crippen LogP contribution >= 0.6 is 11.3 Å². The van der Waals surface area contributed by atoms with Crippen molar-refractivity contribution in [2.45, 2.75) is 19.4 Å². The van der Waals surface area contributed by atoms with Gasteiger partial charge < -0.3 is 10.1 Å². The summed E-state index contributed by atoms with van der Waals surface area (Å²) < 4.78 is 4.48. The number of anilines is 1. The first-order valence-electron chi connectivity index (χ1n) is 6.72. The van der Waals surface area contributed by atoms with Gasteiger partial charge in [-0.2, -0.15) is 0 Å². The van der Waals surface area contributed by atoms with Crippen LogP contribution in [-0.4, -0.2) is 24.1 Å². The van der Waals surface area contributed by atoms with Gasteiger partial charge in [0, 0.05) is 5.38 Å². The second-order valence-electron chi connectivity index (χ2n) is 4.64. The highest BCUT2D eigenvalue weighted by Crippen LogP contribution is 2.16. The van der Waals surface area contributed by atoms with Crippen molar-refractivity contribution in [3.05, 3.63) is 47.0 Å². The Morgan fingerprint density at radius 3 is 2.73 bits per heavy atom. The Morgan fingerprint density at radius 1 is 1.32 bits per heavy atom. The molecule has 0 saturated heterocycles. The average Bonchev–Trinajstić information content (AvgIpc) is 2.94. The number of aromatic nitrogens is 1. The van der Waals surface area contributed by atoms with Crippen LogP contribution in [0.5, 0.6) is 0 Å². The molecule has 6 nitrogen and oxygen atoms in total. The minimum atomic E-state index is -0.581. The first kappa shape index (κ1) is 16.0. The molecule has 0 aliphatic heterocycles. The number of thiazole rings is 1. The number of methoxy groups -OCH3 is 1. The molecular weight excluding hydrogens is 302 g/mol. The molecule has 2 N–H and O–H groups in total. The van der Waals surface area contributed by atoms with E-state index < -0.39 is 6.09 Å². The number of rotatable bonds is 5. The molecule has 0 spiro atoms. The van der Waals surface area contributed by atoms with Crippen LogP contribution in [-0.2, 0) is 16.0 Å². The summed E-state index contributed by atoms with van der Waals surface area (Å²) >= 11 is 1.25. The van der Waals surface area contributed by atoms with E-state index >= 15 is 0 Å². The SMILES string of the molecule is COC(=O)Nc1nc(CC(=O)N[C@H](C)c2ccccc2)cs1. The van der Waals surface area contributed by atoms with Gasteiger partial charge in [-0.05, 0) is 12.5 Å². The van der Waals surface area contributed by atoms with Gasteiger partial charge >= 0.3 is 6.09 Å². The van der Waals surface area contributed by atoms with Gasteiger partial charge in [0.2, 0.25) is 5.91 Å². The van der Waals surface area contributed by atoms with Crippen LogP contribution in [0.25, 0.3) is 0 Å². The number of nitrogens with zero attached hydrogens (tertiary/aromatic N) is 1. The monoisotopic (exact) mass is 319 g/mol. The smallest absolute Gasteiger partial charge is 0.413 e. The highest BCUT2D eigenvalue weighted by Gasteiger charge is 2.12. The van der Waals surface area contributed by atoms with Gasteiger partial charge in [0.15, 0.2) is 5.13 Å². The Labute approximate surface area is 132 Å². The predicted octanol–water partition coefficient (Wildman–Crippen LogP) is 2.74. The molecule has 0 saturated carbocycles. The zero-order chi connectivity index (χ0) is 15.9. The lowest BCUT2D eigenvalue weighted by Gasteiger charge is -2.13. The predicted molar refractivity (Wildman–Crippen MR) is 84.8 cm³/mol. The Bertz CT molecular complexity index is 642. The largest absolute Gasteiger partial charge is 0.453 e. The quantitative estimate of drug-likeness (QED) is 0.888. The van der Waals surface area contributed by atoms with Gasteiger partial charge in [-0.25, -0.2) is 9.78 Å². The molecule has 2 aromatic rings. The summed E-state index contributed by atoms with van der Waals surface area (Å²) in [5, 5.41) is 7.53. The van der Waals surface area contributed by atoms with Crippen molar-refractivity contribution < 1.29 is 14.3 Å². The summed E-state index contributed by atoms with van der Waals surface area (Å²) in [4.78, 5) is 27.3. The number of nitrogens with one attached hydrogen (secondary N) is 2. The first-order valence-corrected chi connectivity index (χ1v) is 7.60. The molecule has 22 heavy (non-hydrogen) atoms. The molecular formula is C15H17N3O3S. The van der Waals surface area contributed by atoms with Gasteiger partial charge in [0.25, 0.3) is 0 Å². The fraction of sp³-hybridized carbons (Fsp3) is 0.267. The Kier molecular flexibility index (Phi) is 5.48. The maximum absolute atomic E-state index is 12.0. The molecule has 1 aromatic heterocycles. The van der Waals surface area contributed by atoms with E-state index in [9.17, 15) is 9.59 Å². The molecule has 7 heteroatoms. The molecule has 0 bridgehead atoms. The van der Waals surface area contributed by atoms with Crippen LogP contribution in [0.2, 0.25) is 0 Å². The maximum Gasteiger partial charge on any atom is 0.413 e. The van der Waals surface area contributed by atoms with E-state index in [1.807, 2.05) is 37.3 Å². The molecule has 1 aromatic carbocycles. The topological polar surface area (TPSA) is 80.3 Å². The Hall–Kier alpha value is -2.41. The number of benzene rings is 1. The molecule has 0 unspecified atom stereocenters. The standard InChI is InChI=1S/C15H17N3O3S/c1-10(11-6-4-3-5-7-11)16-13(19)8-12-9-22-14(17-12)18-15(20)21-2/h3-7,9-10H,8H2,1-2H3,(H,16,19)(H,17,18,20)/t10-/m1/s1.